The van der Waals surface area contributed by atoms with Crippen LogP contribution in [0.15, 0.2) is 24.3 Å². The zero-order valence-electron chi connectivity index (χ0n) is 9.20. The van der Waals surface area contributed by atoms with Crippen molar-refractivity contribution in [1.82, 2.24) is 4.48 Å². The van der Waals surface area contributed by atoms with Crippen molar-refractivity contribution in [3.05, 3.63) is 24.3 Å². The molecule has 1 aromatic rings. The van der Waals surface area contributed by atoms with E-state index >= 15 is 0 Å². The molecular weight excluding hydrogens is 160 g/mol. The number of anilines is 1. The highest BCUT2D eigenvalue weighted by molar-refractivity contribution is 5.53. The van der Waals surface area contributed by atoms with Crippen LogP contribution in [0.1, 0.15) is 0 Å². The minimum Gasteiger partial charge on any atom is -0.378 e. The van der Waals surface area contributed by atoms with Crippen LogP contribution in [0.2, 0.25) is 0 Å². The van der Waals surface area contributed by atoms with Crippen LogP contribution < -0.4 is 9.38 Å². The summed E-state index contributed by atoms with van der Waals surface area (Å²) in [6.45, 7) is 0. The average Bonchev–Trinajstić information content (AvgIpc) is 2.03. The third-order valence-corrected chi connectivity index (χ3v) is 2.14. The van der Waals surface area contributed by atoms with Crippen molar-refractivity contribution in [2.75, 3.05) is 40.1 Å². The Hall–Kier alpha value is -1.02. The zero-order chi connectivity index (χ0) is 10.1. The molecule has 0 aliphatic rings. The van der Waals surface area contributed by atoms with Crippen molar-refractivity contribution in [2.24, 2.45) is 0 Å². The number of nitrogens with zero attached hydrogens (tertiary/aromatic N) is 2. The smallest absolute Gasteiger partial charge is 0.132 e. The maximum absolute atomic E-state index is 2.18. The van der Waals surface area contributed by atoms with Gasteiger partial charge in [0.05, 0.1) is 21.1 Å². The van der Waals surface area contributed by atoms with Crippen LogP contribution in [0.5, 0.6) is 0 Å². The maximum atomic E-state index is 2.18. The van der Waals surface area contributed by atoms with Gasteiger partial charge in [0.15, 0.2) is 0 Å². The second-order valence-electron chi connectivity index (χ2n) is 4.42. The number of hydrogen-bond donors (Lipinski definition) is 0. The van der Waals surface area contributed by atoms with E-state index in [1.165, 1.54) is 11.4 Å². The van der Waals surface area contributed by atoms with E-state index in [2.05, 4.69) is 64.4 Å². The summed E-state index contributed by atoms with van der Waals surface area (Å²) in [4.78, 5) is 2.11. The first-order valence-electron chi connectivity index (χ1n) is 4.50. The molecule has 0 aliphatic heterocycles. The summed E-state index contributed by atoms with van der Waals surface area (Å²) in [5.41, 5.74) is 2.57. The Kier molecular flexibility index (Phi) is 2.62. The third-order valence-electron chi connectivity index (χ3n) is 2.14. The van der Waals surface area contributed by atoms with Gasteiger partial charge in [-0.05, 0) is 12.1 Å². The molecule has 0 aromatic heterocycles. The van der Waals surface area contributed by atoms with E-state index in [1.807, 2.05) is 0 Å². The largest absolute Gasteiger partial charge is 0.378 e. The first kappa shape index (κ1) is 10.1. The van der Waals surface area contributed by atoms with Gasteiger partial charge in [-0.25, -0.2) is 0 Å². The molecule has 0 saturated carbocycles. The van der Waals surface area contributed by atoms with Crippen LogP contribution in [0, 0.1) is 0 Å². The first-order valence-corrected chi connectivity index (χ1v) is 4.50. The lowest BCUT2D eigenvalue weighted by Crippen LogP contribution is -2.34. The summed E-state index contributed by atoms with van der Waals surface area (Å²) < 4.78 is 0.869. The molecule has 0 radical (unpaired) electrons. The Morgan fingerprint density at radius 2 is 1.38 bits per heavy atom. The molecule has 0 N–H and O–H groups in total. The normalized spacial score (nSPS) is 11.5. The molecule has 0 unspecified atom stereocenters. The van der Waals surface area contributed by atoms with Crippen LogP contribution in [0.25, 0.3) is 0 Å². The Morgan fingerprint density at radius 3 is 1.69 bits per heavy atom. The van der Waals surface area contributed by atoms with Gasteiger partial charge in [0.25, 0.3) is 0 Å². The topological polar surface area (TPSA) is 3.24 Å². The molecule has 13 heavy (non-hydrogen) atoms. The lowest BCUT2D eigenvalue weighted by atomic mass is 10.2. The van der Waals surface area contributed by atoms with Gasteiger partial charge in [0.2, 0.25) is 0 Å². The quantitative estimate of drug-likeness (QED) is 0.627. The summed E-state index contributed by atoms with van der Waals surface area (Å²) in [6, 6.07) is 8.66. The maximum Gasteiger partial charge on any atom is 0.132 e. The summed E-state index contributed by atoms with van der Waals surface area (Å²) in [5, 5.41) is 0. The third kappa shape index (κ3) is 2.46. The van der Waals surface area contributed by atoms with Gasteiger partial charge in [-0.15, -0.1) is 0 Å². The molecule has 0 fully saturated rings. The molecule has 1 aromatic carbocycles. The summed E-state index contributed by atoms with van der Waals surface area (Å²) >= 11 is 0. The number of quaternary nitrogens is 1. The second-order valence-corrected chi connectivity index (χ2v) is 4.42. The van der Waals surface area contributed by atoms with Gasteiger partial charge in [-0.3, -0.25) is 4.48 Å². The van der Waals surface area contributed by atoms with Crippen LogP contribution >= 0.6 is 0 Å². The molecule has 0 aliphatic carbocycles. The van der Waals surface area contributed by atoms with E-state index in [-0.39, 0.29) is 0 Å². The van der Waals surface area contributed by atoms with Gasteiger partial charge in [-0.2, -0.15) is 0 Å². The molecule has 2 nitrogen and oxygen atoms in total. The minimum atomic E-state index is 0.869. The number of benzene rings is 1. The predicted molar refractivity (Wildman–Crippen MR) is 60.3 cm³/mol. The van der Waals surface area contributed by atoms with E-state index in [9.17, 15) is 0 Å². The summed E-state index contributed by atoms with van der Waals surface area (Å²) in [6.07, 6.45) is 0. The minimum absolute atomic E-state index is 0.869. The van der Waals surface area contributed by atoms with Gasteiger partial charge in [0, 0.05) is 31.9 Å². The van der Waals surface area contributed by atoms with E-state index in [4.69, 9.17) is 0 Å². The van der Waals surface area contributed by atoms with Crippen LogP contribution in [0.4, 0.5) is 11.4 Å². The molecule has 1 rings (SSSR count). The monoisotopic (exact) mass is 179 g/mol. The fourth-order valence-corrected chi connectivity index (χ4v) is 1.20. The molecule has 0 bridgehead atoms. The van der Waals surface area contributed by atoms with Crippen molar-refractivity contribution in [2.45, 2.75) is 0 Å². The second kappa shape index (κ2) is 3.38. The Balaban J connectivity index is 2.94. The SMILES string of the molecule is CN(C)c1ccc([N+](C)(C)C)cc1. The van der Waals surface area contributed by atoms with Crippen molar-refractivity contribution in [3.63, 3.8) is 0 Å². The Morgan fingerprint density at radius 1 is 0.923 bits per heavy atom. The molecule has 0 saturated heterocycles. The molecule has 72 valence electrons. The van der Waals surface area contributed by atoms with Crippen LogP contribution in [0.3, 0.4) is 0 Å². The summed E-state index contributed by atoms with van der Waals surface area (Å²) in [7, 11) is 10.6. The van der Waals surface area contributed by atoms with E-state index in [0.717, 1.165) is 4.48 Å². The van der Waals surface area contributed by atoms with Crippen molar-refractivity contribution in [3.8, 4) is 0 Å². The molecule has 0 amide bonds. The number of rotatable bonds is 2. The first-order chi connectivity index (χ1) is 5.91. The predicted octanol–water partition coefficient (Wildman–Crippen LogP) is 1.95. The standard InChI is InChI=1S/C11H19N2/c1-12(2)10-6-8-11(9-7-10)13(3,4)5/h6-9H,1-5H3/q+1. The van der Waals surface area contributed by atoms with Crippen molar-refractivity contribution < 1.29 is 0 Å². The van der Waals surface area contributed by atoms with Gasteiger partial charge in [0.1, 0.15) is 5.69 Å². The fraction of sp³-hybridized carbons (Fsp3) is 0.455. The highest BCUT2D eigenvalue weighted by Gasteiger charge is 2.10. The van der Waals surface area contributed by atoms with Gasteiger partial charge in [-0.1, -0.05) is 0 Å². The van der Waals surface area contributed by atoms with E-state index in [1.54, 1.807) is 0 Å². The highest BCUT2D eigenvalue weighted by atomic mass is 15.3. The summed E-state index contributed by atoms with van der Waals surface area (Å²) in [5.74, 6) is 0. The Bertz CT molecular complexity index is 267. The Labute approximate surface area is 81.0 Å². The fourth-order valence-electron chi connectivity index (χ4n) is 1.20. The van der Waals surface area contributed by atoms with Gasteiger partial charge < -0.3 is 4.90 Å². The lowest BCUT2D eigenvalue weighted by Gasteiger charge is -2.24. The van der Waals surface area contributed by atoms with Crippen molar-refractivity contribution in [1.29, 1.82) is 0 Å². The molecule has 0 spiro atoms. The zero-order valence-corrected chi connectivity index (χ0v) is 9.20. The molecule has 2 heteroatoms. The van der Waals surface area contributed by atoms with Gasteiger partial charge >= 0.3 is 0 Å². The highest BCUT2D eigenvalue weighted by Crippen LogP contribution is 2.20. The average molecular weight is 179 g/mol. The van der Waals surface area contributed by atoms with E-state index in [0.29, 0.717) is 0 Å². The van der Waals surface area contributed by atoms with E-state index < -0.39 is 0 Å². The molecular formula is C11H19N2+. The molecule has 0 heterocycles. The lowest BCUT2D eigenvalue weighted by molar-refractivity contribution is 0.486. The number of hydrogen-bond acceptors (Lipinski definition) is 1. The molecule has 0 atom stereocenters. The van der Waals surface area contributed by atoms with Crippen LogP contribution in [-0.4, -0.2) is 35.2 Å². The van der Waals surface area contributed by atoms with Crippen molar-refractivity contribution >= 4 is 11.4 Å². The van der Waals surface area contributed by atoms with Crippen LogP contribution in [-0.2, 0) is 0 Å².